The van der Waals surface area contributed by atoms with Crippen molar-refractivity contribution in [3.63, 3.8) is 0 Å². The van der Waals surface area contributed by atoms with Gasteiger partial charge >= 0.3 is 0 Å². The predicted molar refractivity (Wildman–Crippen MR) is 232 cm³/mol. The Labute approximate surface area is 329 Å². The molecule has 0 fully saturated rings. The zero-order valence-corrected chi connectivity index (χ0v) is 31.0. The zero-order valence-electron chi connectivity index (χ0n) is 30.2. The van der Waals surface area contributed by atoms with Crippen LogP contribution < -0.4 is 0 Å². The normalized spacial score (nSPS) is 11.9. The number of hydrogen-bond acceptors (Lipinski definition) is 7. The molecule has 0 aliphatic rings. The smallest absolute Gasteiger partial charge is 0.227 e. The van der Waals surface area contributed by atoms with Crippen LogP contribution in [0.3, 0.4) is 0 Å². The molecule has 4 heterocycles. The van der Waals surface area contributed by atoms with Crippen molar-refractivity contribution >= 4 is 75.3 Å². The van der Waals surface area contributed by atoms with E-state index < -0.39 is 0 Å². The Hall–Kier alpha value is -7.48. The minimum absolute atomic E-state index is 0.580. The SMILES string of the molecule is c1ccc(-c2nc(-c3ccc(-c4c5oc(-c6ccccc6)nc5cc5c4sc4ccccc45)c4ccccc34)nc(-c3cccc4oc5ccccc5c34)n2)cc1. The van der Waals surface area contributed by atoms with E-state index in [2.05, 4.69) is 78.9 Å². The number of benzene rings is 8. The predicted octanol–water partition coefficient (Wildman–Crippen LogP) is 13.8. The molecule has 0 radical (unpaired) electrons. The van der Waals surface area contributed by atoms with E-state index in [1.54, 1.807) is 11.3 Å². The first-order valence-electron chi connectivity index (χ1n) is 18.8. The molecule has 0 aliphatic carbocycles. The summed E-state index contributed by atoms with van der Waals surface area (Å²) in [7, 11) is 0. The molecule has 12 aromatic rings. The number of nitrogens with zero attached hydrogens (tertiary/aromatic N) is 4. The third kappa shape index (κ3) is 5.03. The van der Waals surface area contributed by atoms with Crippen LogP contribution in [-0.4, -0.2) is 19.9 Å². The van der Waals surface area contributed by atoms with Crippen molar-refractivity contribution in [1.82, 2.24) is 19.9 Å². The second-order valence-corrected chi connectivity index (χ2v) is 15.2. The lowest BCUT2D eigenvalue weighted by Crippen LogP contribution is -2.01. The van der Waals surface area contributed by atoms with Crippen LogP contribution in [-0.2, 0) is 0 Å². The van der Waals surface area contributed by atoms with Crippen LogP contribution in [0.5, 0.6) is 0 Å². The van der Waals surface area contributed by atoms with Gasteiger partial charge in [0.2, 0.25) is 5.89 Å². The molecular formula is C50H28N4O2S. The van der Waals surface area contributed by atoms with E-state index in [1.165, 1.54) is 10.1 Å². The van der Waals surface area contributed by atoms with Crippen LogP contribution in [0.4, 0.5) is 0 Å². The van der Waals surface area contributed by atoms with Gasteiger partial charge in [-0.2, -0.15) is 0 Å². The van der Waals surface area contributed by atoms with Gasteiger partial charge in [-0.25, -0.2) is 19.9 Å². The van der Waals surface area contributed by atoms with Gasteiger partial charge in [0, 0.05) is 58.8 Å². The van der Waals surface area contributed by atoms with Crippen molar-refractivity contribution in [3.05, 3.63) is 170 Å². The van der Waals surface area contributed by atoms with Crippen molar-refractivity contribution < 1.29 is 8.83 Å². The summed E-state index contributed by atoms with van der Waals surface area (Å²) in [6, 6.07) is 58.0. The van der Waals surface area contributed by atoms with E-state index in [0.717, 1.165) is 87.3 Å². The van der Waals surface area contributed by atoms with Crippen LogP contribution >= 0.6 is 11.3 Å². The second kappa shape index (κ2) is 12.5. The molecule has 0 N–H and O–H groups in total. The molecule has 0 bridgehead atoms. The third-order valence-corrected chi connectivity index (χ3v) is 12.0. The molecule has 0 saturated heterocycles. The number of hydrogen-bond donors (Lipinski definition) is 0. The molecule has 0 amide bonds. The number of aromatic nitrogens is 4. The molecular weight excluding hydrogens is 721 g/mol. The Morgan fingerprint density at radius 1 is 0.404 bits per heavy atom. The summed E-state index contributed by atoms with van der Waals surface area (Å²) >= 11 is 1.79. The largest absolute Gasteiger partial charge is 0.456 e. The standard InChI is InChI=1S/C50H28N4O2S/c1-3-14-29(15-4-1)47-52-48(54-49(53-47)37-22-13-24-41-43(37)36-21-9-11-23-40(36)55-41)35-27-26-34(31-18-7-8-19-32(31)35)44-45-39(51-50(56-45)30-16-5-2-6-17-30)28-38-33-20-10-12-25-42(33)57-46(38)44/h1-28H. The van der Waals surface area contributed by atoms with E-state index in [4.69, 9.17) is 28.8 Å². The number of rotatable bonds is 5. The van der Waals surface area contributed by atoms with Crippen LogP contribution in [0.15, 0.2) is 179 Å². The minimum atomic E-state index is 0.580. The Morgan fingerprint density at radius 2 is 1.02 bits per heavy atom. The minimum Gasteiger partial charge on any atom is -0.456 e. The number of fused-ring (bicyclic) bond motifs is 8. The molecule has 0 spiro atoms. The fourth-order valence-corrected chi connectivity index (χ4v) is 9.44. The summed E-state index contributed by atoms with van der Waals surface area (Å²) in [6.45, 7) is 0. The summed E-state index contributed by atoms with van der Waals surface area (Å²) in [4.78, 5) is 20.6. The highest BCUT2D eigenvalue weighted by Gasteiger charge is 2.24. The summed E-state index contributed by atoms with van der Waals surface area (Å²) in [5, 5.41) is 6.45. The first-order valence-corrected chi connectivity index (χ1v) is 19.6. The highest BCUT2D eigenvalue weighted by molar-refractivity contribution is 7.26. The first-order chi connectivity index (χ1) is 28.2. The van der Waals surface area contributed by atoms with E-state index in [1.807, 2.05) is 91.0 Å². The quantitative estimate of drug-likeness (QED) is 0.174. The Morgan fingerprint density at radius 3 is 1.82 bits per heavy atom. The molecule has 57 heavy (non-hydrogen) atoms. The third-order valence-electron chi connectivity index (χ3n) is 10.8. The van der Waals surface area contributed by atoms with Crippen LogP contribution in [0.2, 0.25) is 0 Å². The van der Waals surface area contributed by atoms with Gasteiger partial charge < -0.3 is 8.83 Å². The lowest BCUT2D eigenvalue weighted by atomic mass is 9.93. The van der Waals surface area contributed by atoms with E-state index >= 15 is 0 Å². The molecule has 0 saturated carbocycles. The van der Waals surface area contributed by atoms with E-state index in [-0.39, 0.29) is 0 Å². The number of thiophene rings is 1. The van der Waals surface area contributed by atoms with Crippen LogP contribution in [0, 0.1) is 0 Å². The average Bonchev–Trinajstić information content (AvgIpc) is 3.99. The summed E-state index contributed by atoms with van der Waals surface area (Å²) in [6.07, 6.45) is 0. The molecule has 7 heteroatoms. The maximum Gasteiger partial charge on any atom is 0.227 e. The Bertz CT molecular complexity index is 3530. The van der Waals surface area contributed by atoms with E-state index in [0.29, 0.717) is 23.4 Å². The fourth-order valence-electron chi connectivity index (χ4n) is 8.20. The average molecular weight is 749 g/mol. The maximum atomic E-state index is 6.75. The van der Waals surface area contributed by atoms with Crippen molar-refractivity contribution in [2.24, 2.45) is 0 Å². The monoisotopic (exact) mass is 748 g/mol. The molecule has 0 atom stereocenters. The highest BCUT2D eigenvalue weighted by atomic mass is 32.1. The molecule has 12 rings (SSSR count). The topological polar surface area (TPSA) is 77.8 Å². The van der Waals surface area contributed by atoms with Crippen LogP contribution in [0.25, 0.3) is 121 Å². The molecule has 6 nitrogen and oxygen atoms in total. The number of furan rings is 1. The van der Waals surface area contributed by atoms with Crippen molar-refractivity contribution in [1.29, 1.82) is 0 Å². The van der Waals surface area contributed by atoms with Gasteiger partial charge in [0.1, 0.15) is 16.7 Å². The van der Waals surface area contributed by atoms with Crippen molar-refractivity contribution in [3.8, 4) is 56.7 Å². The second-order valence-electron chi connectivity index (χ2n) is 14.1. The first kappa shape index (κ1) is 31.8. The summed E-state index contributed by atoms with van der Waals surface area (Å²) in [5.74, 6) is 2.36. The molecule has 0 aliphatic heterocycles. The van der Waals surface area contributed by atoms with Gasteiger partial charge in [-0.3, -0.25) is 0 Å². The van der Waals surface area contributed by atoms with Gasteiger partial charge in [0.05, 0.1) is 0 Å². The molecule has 0 unspecified atom stereocenters. The van der Waals surface area contributed by atoms with E-state index in [9.17, 15) is 0 Å². The number of oxazole rings is 1. The fraction of sp³-hybridized carbons (Fsp3) is 0. The zero-order chi connectivity index (χ0) is 37.5. The summed E-state index contributed by atoms with van der Waals surface area (Å²) in [5.41, 5.74) is 8.92. The molecule has 4 aromatic heterocycles. The Kier molecular flexibility index (Phi) is 7.00. The van der Waals surface area contributed by atoms with Crippen LogP contribution in [0.1, 0.15) is 0 Å². The highest BCUT2D eigenvalue weighted by Crippen LogP contribution is 2.48. The van der Waals surface area contributed by atoms with Gasteiger partial charge in [-0.05, 0) is 58.8 Å². The van der Waals surface area contributed by atoms with Gasteiger partial charge in [-0.15, -0.1) is 11.3 Å². The van der Waals surface area contributed by atoms with Gasteiger partial charge in [0.25, 0.3) is 0 Å². The molecule has 266 valence electrons. The van der Waals surface area contributed by atoms with Crippen molar-refractivity contribution in [2.45, 2.75) is 0 Å². The molecule has 8 aromatic carbocycles. The lowest BCUT2D eigenvalue weighted by molar-refractivity contribution is 0.621. The summed E-state index contributed by atoms with van der Waals surface area (Å²) < 4.78 is 15.4. The maximum absolute atomic E-state index is 6.75. The van der Waals surface area contributed by atoms with Gasteiger partial charge in [-0.1, -0.05) is 127 Å². The lowest BCUT2D eigenvalue weighted by Gasteiger charge is -2.14. The number of para-hydroxylation sites is 1. The Balaban J connectivity index is 1.12. The van der Waals surface area contributed by atoms with Crippen molar-refractivity contribution in [2.75, 3.05) is 0 Å². The van der Waals surface area contributed by atoms with Gasteiger partial charge in [0.15, 0.2) is 23.1 Å².